The first kappa shape index (κ1) is 14.9. The van der Waals surface area contributed by atoms with E-state index in [-0.39, 0.29) is 5.69 Å². The van der Waals surface area contributed by atoms with Gasteiger partial charge in [-0.3, -0.25) is 10.1 Å². The SMILES string of the molecule is CN(C)CCC(OC(N)=O)c1ccc([N+](=O)[O-])cc1. The van der Waals surface area contributed by atoms with Crippen molar-refractivity contribution in [1.82, 2.24) is 4.90 Å². The van der Waals surface area contributed by atoms with Crippen LogP contribution in [0.4, 0.5) is 10.5 Å². The lowest BCUT2D eigenvalue weighted by molar-refractivity contribution is -0.384. The number of nitro groups is 1. The van der Waals surface area contributed by atoms with Crippen LogP contribution < -0.4 is 5.73 Å². The molecule has 0 fully saturated rings. The number of nitrogens with two attached hydrogens (primary N) is 1. The lowest BCUT2D eigenvalue weighted by Gasteiger charge is -2.19. The van der Waals surface area contributed by atoms with E-state index in [2.05, 4.69) is 0 Å². The van der Waals surface area contributed by atoms with Crippen LogP contribution in [0.25, 0.3) is 0 Å². The number of carbonyl (C=O) groups excluding carboxylic acids is 1. The zero-order valence-corrected chi connectivity index (χ0v) is 10.9. The average Bonchev–Trinajstić information content (AvgIpc) is 2.34. The maximum Gasteiger partial charge on any atom is 0.405 e. The number of nitrogens with zero attached hydrogens (tertiary/aromatic N) is 2. The summed E-state index contributed by atoms with van der Waals surface area (Å²) >= 11 is 0. The Kier molecular flexibility index (Phi) is 5.25. The molecule has 1 unspecified atom stereocenters. The monoisotopic (exact) mass is 267 g/mol. The molecule has 0 aliphatic rings. The predicted octanol–water partition coefficient (Wildman–Crippen LogP) is 1.68. The number of non-ortho nitro benzene ring substituents is 1. The van der Waals surface area contributed by atoms with Crippen molar-refractivity contribution in [3.63, 3.8) is 0 Å². The normalized spacial score (nSPS) is 12.2. The summed E-state index contributed by atoms with van der Waals surface area (Å²) in [5.41, 5.74) is 5.71. The van der Waals surface area contributed by atoms with E-state index >= 15 is 0 Å². The molecule has 7 nitrogen and oxygen atoms in total. The summed E-state index contributed by atoms with van der Waals surface area (Å²) in [5, 5.41) is 10.6. The molecule has 0 radical (unpaired) electrons. The summed E-state index contributed by atoms with van der Waals surface area (Å²) in [6, 6.07) is 5.90. The van der Waals surface area contributed by atoms with Crippen LogP contribution in [0.1, 0.15) is 18.1 Å². The largest absolute Gasteiger partial charge is 0.441 e. The van der Waals surface area contributed by atoms with Gasteiger partial charge in [0.1, 0.15) is 6.10 Å². The van der Waals surface area contributed by atoms with E-state index in [9.17, 15) is 14.9 Å². The highest BCUT2D eigenvalue weighted by Gasteiger charge is 2.16. The van der Waals surface area contributed by atoms with Gasteiger partial charge in [0.25, 0.3) is 5.69 Å². The maximum atomic E-state index is 10.9. The van der Waals surface area contributed by atoms with Crippen molar-refractivity contribution in [2.45, 2.75) is 12.5 Å². The van der Waals surface area contributed by atoms with Crippen molar-refractivity contribution in [3.05, 3.63) is 39.9 Å². The molecule has 0 spiro atoms. The van der Waals surface area contributed by atoms with Gasteiger partial charge in [-0.15, -0.1) is 0 Å². The van der Waals surface area contributed by atoms with Crippen molar-refractivity contribution < 1.29 is 14.5 Å². The number of hydrogen-bond donors (Lipinski definition) is 1. The Morgan fingerprint density at radius 3 is 2.42 bits per heavy atom. The van der Waals surface area contributed by atoms with Gasteiger partial charge >= 0.3 is 6.09 Å². The van der Waals surface area contributed by atoms with E-state index in [1.165, 1.54) is 12.1 Å². The predicted molar refractivity (Wildman–Crippen MR) is 69.7 cm³/mol. The summed E-state index contributed by atoms with van der Waals surface area (Å²) in [6.45, 7) is 0.703. The number of carbonyl (C=O) groups is 1. The second-order valence-electron chi connectivity index (χ2n) is 4.37. The fourth-order valence-corrected chi connectivity index (χ4v) is 1.62. The second kappa shape index (κ2) is 6.69. The number of primary amides is 1. The Hall–Kier alpha value is -2.15. The maximum absolute atomic E-state index is 10.9. The number of ether oxygens (including phenoxy) is 1. The molecule has 1 rings (SSSR count). The molecule has 1 atom stereocenters. The summed E-state index contributed by atoms with van der Waals surface area (Å²) in [5.74, 6) is 0. The van der Waals surface area contributed by atoms with Crippen molar-refractivity contribution in [1.29, 1.82) is 0 Å². The van der Waals surface area contributed by atoms with Crippen LogP contribution in [0.5, 0.6) is 0 Å². The molecule has 1 aromatic rings. The van der Waals surface area contributed by atoms with Gasteiger partial charge < -0.3 is 15.4 Å². The van der Waals surface area contributed by atoms with Crippen LogP contribution >= 0.6 is 0 Å². The zero-order valence-electron chi connectivity index (χ0n) is 10.9. The first-order chi connectivity index (χ1) is 8.90. The van der Waals surface area contributed by atoms with E-state index in [1.54, 1.807) is 12.1 Å². The van der Waals surface area contributed by atoms with E-state index < -0.39 is 17.1 Å². The third-order valence-electron chi connectivity index (χ3n) is 2.57. The summed E-state index contributed by atoms with van der Waals surface area (Å²) < 4.78 is 5.03. The van der Waals surface area contributed by atoms with Gasteiger partial charge in [0.2, 0.25) is 0 Å². The van der Waals surface area contributed by atoms with Crippen LogP contribution in [0.15, 0.2) is 24.3 Å². The molecule has 0 heterocycles. The lowest BCUT2D eigenvalue weighted by atomic mass is 10.1. The smallest absolute Gasteiger partial charge is 0.405 e. The minimum Gasteiger partial charge on any atom is -0.441 e. The van der Waals surface area contributed by atoms with Crippen molar-refractivity contribution in [3.8, 4) is 0 Å². The van der Waals surface area contributed by atoms with Crippen LogP contribution in [0.3, 0.4) is 0 Å². The van der Waals surface area contributed by atoms with Crippen LogP contribution in [0, 0.1) is 10.1 Å². The Labute approximate surface area is 111 Å². The summed E-state index contributed by atoms with van der Waals surface area (Å²) in [7, 11) is 3.80. The molecule has 0 saturated heterocycles. The molecule has 2 N–H and O–H groups in total. The van der Waals surface area contributed by atoms with Gasteiger partial charge in [-0.25, -0.2) is 4.79 Å². The Morgan fingerprint density at radius 1 is 1.42 bits per heavy atom. The van der Waals surface area contributed by atoms with Crippen LogP contribution in [0.2, 0.25) is 0 Å². The van der Waals surface area contributed by atoms with Gasteiger partial charge in [-0.2, -0.15) is 0 Å². The minimum absolute atomic E-state index is 0.00538. The standard InChI is InChI=1S/C12H17N3O4/c1-14(2)8-7-11(19-12(13)16)9-3-5-10(6-4-9)15(17)18/h3-6,11H,7-8H2,1-2H3,(H2,13,16). The number of rotatable bonds is 6. The molecule has 1 amide bonds. The molecule has 7 heteroatoms. The Morgan fingerprint density at radius 2 is 2.00 bits per heavy atom. The second-order valence-corrected chi connectivity index (χ2v) is 4.37. The minimum atomic E-state index is -0.859. The van der Waals surface area contributed by atoms with Gasteiger partial charge in [-0.1, -0.05) is 0 Å². The van der Waals surface area contributed by atoms with Crippen molar-refractivity contribution in [2.75, 3.05) is 20.6 Å². The lowest BCUT2D eigenvalue weighted by Crippen LogP contribution is -2.22. The van der Waals surface area contributed by atoms with Crippen LogP contribution in [-0.4, -0.2) is 36.6 Å². The molecular weight excluding hydrogens is 250 g/mol. The molecule has 0 bridgehead atoms. The quantitative estimate of drug-likeness (QED) is 0.624. The van der Waals surface area contributed by atoms with Crippen molar-refractivity contribution >= 4 is 11.8 Å². The highest BCUT2D eigenvalue weighted by atomic mass is 16.6. The van der Waals surface area contributed by atoms with Gasteiger partial charge in [0.15, 0.2) is 0 Å². The first-order valence-corrected chi connectivity index (χ1v) is 5.75. The van der Waals surface area contributed by atoms with E-state index in [0.717, 1.165) is 0 Å². The van der Waals surface area contributed by atoms with Gasteiger partial charge in [0.05, 0.1) is 4.92 Å². The van der Waals surface area contributed by atoms with Crippen LogP contribution in [-0.2, 0) is 4.74 Å². The number of amides is 1. The Balaban J connectivity index is 2.83. The Bertz CT molecular complexity index is 445. The fraction of sp³-hybridized carbons (Fsp3) is 0.417. The topological polar surface area (TPSA) is 98.7 Å². The summed E-state index contributed by atoms with van der Waals surface area (Å²) in [6.07, 6.45) is -0.795. The molecule has 0 aliphatic heterocycles. The average molecular weight is 267 g/mol. The third kappa shape index (κ3) is 4.92. The zero-order chi connectivity index (χ0) is 14.4. The van der Waals surface area contributed by atoms with E-state index in [1.807, 2.05) is 19.0 Å². The van der Waals surface area contributed by atoms with E-state index in [0.29, 0.717) is 18.5 Å². The summed E-state index contributed by atoms with van der Waals surface area (Å²) in [4.78, 5) is 22.9. The molecule has 0 aliphatic carbocycles. The van der Waals surface area contributed by atoms with Gasteiger partial charge in [0, 0.05) is 25.1 Å². The van der Waals surface area contributed by atoms with Crippen molar-refractivity contribution in [2.24, 2.45) is 5.73 Å². The first-order valence-electron chi connectivity index (χ1n) is 5.75. The number of benzene rings is 1. The fourth-order valence-electron chi connectivity index (χ4n) is 1.62. The molecular formula is C12H17N3O4. The molecule has 0 saturated carbocycles. The number of hydrogen-bond acceptors (Lipinski definition) is 5. The van der Waals surface area contributed by atoms with E-state index in [4.69, 9.17) is 10.5 Å². The molecule has 104 valence electrons. The highest BCUT2D eigenvalue weighted by Crippen LogP contribution is 2.23. The molecule has 19 heavy (non-hydrogen) atoms. The molecule has 0 aromatic heterocycles. The molecule has 1 aromatic carbocycles. The van der Waals surface area contributed by atoms with Gasteiger partial charge in [-0.05, 0) is 31.8 Å². The third-order valence-corrected chi connectivity index (χ3v) is 2.57. The highest BCUT2D eigenvalue weighted by molar-refractivity contribution is 5.65. The number of nitro benzene ring substituents is 1.